The van der Waals surface area contributed by atoms with Crippen LogP contribution in [0.5, 0.6) is 0 Å². The monoisotopic (exact) mass is 352 g/mol. The molecule has 8 atom stereocenters. The molecule has 4 aliphatic rings. The molecule has 4 rings (SSSR count). The summed E-state index contributed by atoms with van der Waals surface area (Å²) in [5.74, 6) is 2.82. The number of rotatable bonds is 1. The third-order valence-corrected chi connectivity index (χ3v) is 9.97. The van der Waals surface area contributed by atoms with E-state index >= 15 is 0 Å². The van der Waals surface area contributed by atoms with Gasteiger partial charge in [-0.2, -0.15) is 0 Å². The molecule has 0 saturated heterocycles. The molecule has 0 heterocycles. The van der Waals surface area contributed by atoms with Gasteiger partial charge < -0.3 is 5.11 Å². The number of ketones is 1. The van der Waals surface area contributed by atoms with Crippen molar-refractivity contribution in [2.24, 2.45) is 34.5 Å². The maximum absolute atomic E-state index is 12.2. The zero-order valence-corrected chi connectivity index (χ0v) is 16.2. The summed E-state index contributed by atoms with van der Waals surface area (Å²) in [5.41, 5.74) is 0.385. The van der Waals surface area contributed by atoms with Crippen molar-refractivity contribution in [3.05, 3.63) is 0 Å². The second-order valence-electron chi connectivity index (χ2n) is 9.98. The molecule has 136 valence electrons. The first-order valence-corrected chi connectivity index (χ1v) is 10.5. The van der Waals surface area contributed by atoms with Crippen LogP contribution in [0, 0.1) is 34.5 Å². The Morgan fingerprint density at radius 2 is 1.75 bits per heavy atom. The number of alkyl halides is 1. The van der Waals surface area contributed by atoms with Crippen LogP contribution in [0.2, 0.25) is 0 Å². The fraction of sp³-hybridized carbons (Fsp3) is 0.952. The number of carbonyl (C=O) groups excluding carboxylic acids is 1. The Labute approximate surface area is 151 Å². The standard InChI is InChI=1S/C21H33ClO2/c1-13(23)16-4-5-17-15-7-11-21(22)12-14(24)6-10-20(21,3)18(15)8-9-19(16,17)2/h14-18,24H,4-12H2,1-3H3/t14?,15-,16+,17-,18-,19+,20+,21?/m0/s1. The van der Waals surface area contributed by atoms with E-state index in [2.05, 4.69) is 13.8 Å². The Kier molecular flexibility index (Phi) is 3.94. The normalized spacial score (nSPS) is 57.0. The Hall–Kier alpha value is -0.0800. The Balaban J connectivity index is 1.65. The molecule has 4 fully saturated rings. The lowest BCUT2D eigenvalue weighted by Crippen LogP contribution is -2.60. The lowest BCUT2D eigenvalue weighted by Gasteiger charge is -2.63. The molecule has 2 unspecified atom stereocenters. The summed E-state index contributed by atoms with van der Waals surface area (Å²) in [5, 5.41) is 10.2. The molecular weight excluding hydrogens is 320 g/mol. The van der Waals surface area contributed by atoms with Gasteiger partial charge in [0.15, 0.2) is 0 Å². The number of halogens is 1. The number of aliphatic hydroxyl groups is 1. The third kappa shape index (κ3) is 2.14. The Bertz CT molecular complexity index is 548. The molecule has 0 amide bonds. The number of aliphatic hydroxyl groups excluding tert-OH is 1. The second-order valence-corrected chi connectivity index (χ2v) is 10.7. The van der Waals surface area contributed by atoms with Gasteiger partial charge in [-0.25, -0.2) is 0 Å². The lowest BCUT2D eigenvalue weighted by atomic mass is 9.44. The van der Waals surface area contributed by atoms with E-state index in [0.29, 0.717) is 17.6 Å². The highest BCUT2D eigenvalue weighted by Gasteiger charge is 2.64. The molecule has 4 aliphatic carbocycles. The van der Waals surface area contributed by atoms with Crippen molar-refractivity contribution in [3.8, 4) is 0 Å². The average molecular weight is 353 g/mol. The van der Waals surface area contributed by atoms with Crippen molar-refractivity contribution in [2.45, 2.75) is 89.5 Å². The minimum absolute atomic E-state index is 0.159. The largest absolute Gasteiger partial charge is 0.393 e. The van der Waals surface area contributed by atoms with Crippen molar-refractivity contribution in [3.63, 3.8) is 0 Å². The van der Waals surface area contributed by atoms with Crippen molar-refractivity contribution < 1.29 is 9.90 Å². The van der Waals surface area contributed by atoms with Crippen LogP contribution < -0.4 is 0 Å². The summed E-state index contributed by atoms with van der Waals surface area (Å²) < 4.78 is 0. The number of hydrogen-bond acceptors (Lipinski definition) is 2. The Morgan fingerprint density at radius 3 is 2.46 bits per heavy atom. The van der Waals surface area contributed by atoms with Gasteiger partial charge in [-0.05, 0) is 93.3 Å². The van der Waals surface area contributed by atoms with Gasteiger partial charge in [0.05, 0.1) is 11.0 Å². The first-order valence-electron chi connectivity index (χ1n) is 10.1. The summed E-state index contributed by atoms with van der Waals surface area (Å²) in [6, 6.07) is 0. The maximum atomic E-state index is 12.2. The van der Waals surface area contributed by atoms with Gasteiger partial charge in [0.25, 0.3) is 0 Å². The van der Waals surface area contributed by atoms with E-state index in [-0.39, 0.29) is 27.7 Å². The predicted octanol–water partition coefficient (Wildman–Crippen LogP) is 4.96. The van der Waals surface area contributed by atoms with Crippen LogP contribution in [0.25, 0.3) is 0 Å². The molecule has 0 bridgehead atoms. The summed E-state index contributed by atoms with van der Waals surface area (Å²) in [6.07, 6.45) is 9.52. The second kappa shape index (κ2) is 5.46. The zero-order chi connectivity index (χ0) is 17.3. The average Bonchev–Trinajstić information content (AvgIpc) is 2.86. The van der Waals surface area contributed by atoms with Gasteiger partial charge in [-0.1, -0.05) is 13.8 Å². The van der Waals surface area contributed by atoms with Crippen LogP contribution in [0.4, 0.5) is 0 Å². The maximum Gasteiger partial charge on any atom is 0.133 e. The minimum atomic E-state index is -0.213. The molecule has 0 aromatic carbocycles. The minimum Gasteiger partial charge on any atom is -0.393 e. The molecule has 2 nitrogen and oxygen atoms in total. The highest BCUT2D eigenvalue weighted by atomic mass is 35.5. The van der Waals surface area contributed by atoms with Crippen LogP contribution in [-0.4, -0.2) is 21.9 Å². The van der Waals surface area contributed by atoms with Crippen LogP contribution in [0.15, 0.2) is 0 Å². The number of Topliss-reactive ketones (excluding diaryl/α,β-unsaturated/α-hetero) is 1. The van der Waals surface area contributed by atoms with Crippen LogP contribution in [-0.2, 0) is 4.79 Å². The zero-order valence-electron chi connectivity index (χ0n) is 15.5. The molecule has 0 aromatic rings. The van der Waals surface area contributed by atoms with E-state index in [1.165, 1.54) is 25.7 Å². The highest BCUT2D eigenvalue weighted by Crippen LogP contribution is 2.69. The van der Waals surface area contributed by atoms with Gasteiger partial charge in [0.1, 0.15) is 5.78 Å². The van der Waals surface area contributed by atoms with E-state index in [9.17, 15) is 9.90 Å². The fourth-order valence-electron chi connectivity index (χ4n) is 7.85. The van der Waals surface area contributed by atoms with Crippen molar-refractivity contribution in [1.82, 2.24) is 0 Å². The van der Waals surface area contributed by atoms with E-state index in [1.54, 1.807) is 6.92 Å². The molecule has 1 N–H and O–H groups in total. The molecule has 0 spiro atoms. The van der Waals surface area contributed by atoms with E-state index < -0.39 is 0 Å². The van der Waals surface area contributed by atoms with Crippen molar-refractivity contribution in [2.75, 3.05) is 0 Å². The summed E-state index contributed by atoms with van der Waals surface area (Å²) in [6.45, 7) is 6.63. The topological polar surface area (TPSA) is 37.3 Å². The lowest BCUT2D eigenvalue weighted by molar-refractivity contribution is -0.134. The third-order valence-electron chi connectivity index (χ3n) is 9.20. The number of hydrogen-bond donors (Lipinski definition) is 1. The number of fused-ring (bicyclic) bond motifs is 5. The van der Waals surface area contributed by atoms with Gasteiger partial charge in [0, 0.05) is 5.92 Å². The summed E-state index contributed by atoms with van der Waals surface area (Å²) >= 11 is 7.18. The van der Waals surface area contributed by atoms with Gasteiger partial charge >= 0.3 is 0 Å². The molecule has 0 aliphatic heterocycles. The van der Waals surface area contributed by atoms with Gasteiger partial charge in [0.2, 0.25) is 0 Å². The fourth-order valence-corrected chi connectivity index (χ4v) is 8.37. The van der Waals surface area contributed by atoms with Gasteiger partial charge in [-0.15, -0.1) is 11.6 Å². The van der Waals surface area contributed by atoms with E-state index in [4.69, 9.17) is 11.6 Å². The first kappa shape index (κ1) is 17.3. The Morgan fingerprint density at radius 1 is 1.00 bits per heavy atom. The molecule has 3 heteroatoms. The quantitative estimate of drug-likeness (QED) is 0.677. The smallest absolute Gasteiger partial charge is 0.133 e. The molecule has 24 heavy (non-hydrogen) atoms. The molecule has 0 aromatic heterocycles. The van der Waals surface area contributed by atoms with Gasteiger partial charge in [-0.3, -0.25) is 4.79 Å². The molecule has 4 saturated carbocycles. The molecule has 0 radical (unpaired) electrons. The predicted molar refractivity (Wildman–Crippen MR) is 97.0 cm³/mol. The van der Waals surface area contributed by atoms with Crippen LogP contribution in [0.1, 0.15) is 78.6 Å². The van der Waals surface area contributed by atoms with E-state index in [0.717, 1.165) is 38.0 Å². The number of carbonyl (C=O) groups is 1. The summed E-state index contributed by atoms with van der Waals surface area (Å²) in [4.78, 5) is 12.0. The first-order chi connectivity index (χ1) is 11.2. The van der Waals surface area contributed by atoms with Crippen LogP contribution >= 0.6 is 11.6 Å². The summed E-state index contributed by atoms with van der Waals surface area (Å²) in [7, 11) is 0. The molecular formula is C21H33ClO2. The SMILES string of the molecule is CC(=O)[C@H]1CC[C@H]2[C@@H]3CCC4(Cl)CC(O)CC[C@]4(C)[C@H]3CC[C@]12C. The van der Waals surface area contributed by atoms with E-state index in [1.807, 2.05) is 0 Å². The van der Waals surface area contributed by atoms with Crippen molar-refractivity contribution in [1.29, 1.82) is 0 Å². The van der Waals surface area contributed by atoms with Crippen molar-refractivity contribution >= 4 is 17.4 Å². The van der Waals surface area contributed by atoms with Crippen LogP contribution in [0.3, 0.4) is 0 Å². The highest BCUT2D eigenvalue weighted by molar-refractivity contribution is 6.24.